The fraction of sp³-hybridized carbons (Fsp3) is 0.227. The van der Waals surface area contributed by atoms with E-state index in [4.69, 9.17) is 23.2 Å². The van der Waals surface area contributed by atoms with Crippen molar-refractivity contribution in [2.75, 3.05) is 32.4 Å². The van der Waals surface area contributed by atoms with Gasteiger partial charge in [-0.2, -0.15) is 0 Å². The quantitative estimate of drug-likeness (QED) is 0.497. The molecular weight excluding hydrogens is 474 g/mol. The number of thioether (sulfide) groups is 1. The van der Waals surface area contributed by atoms with Gasteiger partial charge in [0.1, 0.15) is 11.5 Å². The van der Waals surface area contributed by atoms with Crippen LogP contribution in [0.5, 0.6) is 0 Å². The van der Waals surface area contributed by atoms with Crippen LogP contribution in [0.3, 0.4) is 0 Å². The van der Waals surface area contributed by atoms with Crippen molar-refractivity contribution in [3.05, 3.63) is 75.8 Å². The molecule has 0 radical (unpaired) electrons. The number of aromatic nitrogens is 2. The molecule has 2 aromatic carbocycles. The zero-order valence-corrected chi connectivity index (χ0v) is 19.4. The highest BCUT2D eigenvalue weighted by molar-refractivity contribution is 7.98. The monoisotopic (exact) mass is 492 g/mol. The summed E-state index contributed by atoms with van der Waals surface area (Å²) in [5, 5.41) is 1.18. The molecule has 32 heavy (non-hydrogen) atoms. The predicted octanol–water partition coefficient (Wildman–Crippen LogP) is 4.64. The SMILES string of the molecule is CSc1ncc(C(=O)N2CCN(C(=O)c3cccc(Cl)c3Cl)CC2)n1-c1ccc(F)cc1. The van der Waals surface area contributed by atoms with Gasteiger partial charge in [0.25, 0.3) is 11.8 Å². The highest BCUT2D eigenvalue weighted by atomic mass is 35.5. The van der Waals surface area contributed by atoms with Crippen LogP contribution in [0, 0.1) is 5.82 Å². The van der Waals surface area contributed by atoms with Gasteiger partial charge in [-0.1, -0.05) is 41.0 Å². The summed E-state index contributed by atoms with van der Waals surface area (Å²) in [5.41, 5.74) is 1.39. The number of halogens is 3. The zero-order chi connectivity index (χ0) is 22.8. The lowest BCUT2D eigenvalue weighted by atomic mass is 10.1. The van der Waals surface area contributed by atoms with Crippen LogP contribution in [0.1, 0.15) is 20.8 Å². The second-order valence-electron chi connectivity index (χ2n) is 7.13. The van der Waals surface area contributed by atoms with Crippen molar-refractivity contribution < 1.29 is 14.0 Å². The maximum absolute atomic E-state index is 13.4. The van der Waals surface area contributed by atoms with Crippen LogP contribution in [0.15, 0.2) is 53.8 Å². The van der Waals surface area contributed by atoms with Gasteiger partial charge in [-0.05, 0) is 42.7 Å². The van der Waals surface area contributed by atoms with Gasteiger partial charge in [0.15, 0.2) is 5.16 Å². The van der Waals surface area contributed by atoms with Gasteiger partial charge in [-0.3, -0.25) is 14.2 Å². The molecule has 1 aromatic heterocycles. The number of imidazole rings is 1. The van der Waals surface area contributed by atoms with Crippen LogP contribution in [0.25, 0.3) is 5.69 Å². The van der Waals surface area contributed by atoms with Crippen LogP contribution in [0.4, 0.5) is 4.39 Å². The normalized spacial score (nSPS) is 14.0. The molecule has 0 atom stereocenters. The van der Waals surface area contributed by atoms with Gasteiger partial charge in [0.2, 0.25) is 0 Å². The van der Waals surface area contributed by atoms with Crippen LogP contribution in [-0.4, -0.2) is 63.6 Å². The second kappa shape index (κ2) is 9.52. The molecule has 1 aliphatic heterocycles. The summed E-state index contributed by atoms with van der Waals surface area (Å²) in [4.78, 5) is 33.8. The average Bonchev–Trinajstić information content (AvgIpc) is 3.24. The lowest BCUT2D eigenvalue weighted by Crippen LogP contribution is -2.51. The highest BCUT2D eigenvalue weighted by Gasteiger charge is 2.29. The molecule has 1 saturated heterocycles. The highest BCUT2D eigenvalue weighted by Crippen LogP contribution is 2.27. The molecule has 2 heterocycles. The Morgan fingerprint density at radius 3 is 2.22 bits per heavy atom. The summed E-state index contributed by atoms with van der Waals surface area (Å²) in [6.07, 6.45) is 3.39. The molecule has 4 rings (SSSR count). The number of amides is 2. The number of rotatable bonds is 4. The Bertz CT molecular complexity index is 1160. The Hall–Kier alpha value is -2.55. The molecule has 0 saturated carbocycles. The van der Waals surface area contributed by atoms with E-state index in [-0.39, 0.29) is 22.7 Å². The van der Waals surface area contributed by atoms with Gasteiger partial charge in [-0.25, -0.2) is 9.37 Å². The number of piperazine rings is 1. The molecule has 1 fully saturated rings. The molecule has 0 unspecified atom stereocenters. The first kappa shape index (κ1) is 22.6. The zero-order valence-electron chi connectivity index (χ0n) is 17.1. The Morgan fingerprint density at radius 1 is 0.969 bits per heavy atom. The third-order valence-electron chi connectivity index (χ3n) is 5.25. The number of carbonyl (C=O) groups is 2. The molecule has 1 aliphatic rings. The Balaban J connectivity index is 1.51. The van der Waals surface area contributed by atoms with Crippen molar-refractivity contribution in [3.8, 4) is 5.69 Å². The van der Waals surface area contributed by atoms with E-state index >= 15 is 0 Å². The van der Waals surface area contributed by atoms with Crippen LogP contribution in [0.2, 0.25) is 10.0 Å². The first-order chi connectivity index (χ1) is 15.4. The van der Waals surface area contributed by atoms with Gasteiger partial charge in [0, 0.05) is 31.9 Å². The summed E-state index contributed by atoms with van der Waals surface area (Å²) in [5.74, 6) is -0.770. The lowest BCUT2D eigenvalue weighted by molar-refractivity contribution is 0.0531. The summed E-state index contributed by atoms with van der Waals surface area (Å²) in [6.45, 7) is 1.47. The number of hydrogen-bond donors (Lipinski definition) is 0. The van der Waals surface area contributed by atoms with Crippen molar-refractivity contribution in [1.29, 1.82) is 0 Å². The molecule has 6 nitrogen and oxygen atoms in total. The van der Waals surface area contributed by atoms with E-state index in [1.165, 1.54) is 30.1 Å². The molecule has 2 amide bonds. The van der Waals surface area contributed by atoms with E-state index in [1.54, 1.807) is 44.7 Å². The molecule has 166 valence electrons. The molecule has 0 bridgehead atoms. The van der Waals surface area contributed by atoms with Gasteiger partial charge < -0.3 is 9.80 Å². The van der Waals surface area contributed by atoms with E-state index in [9.17, 15) is 14.0 Å². The van der Waals surface area contributed by atoms with Crippen LogP contribution >= 0.6 is 35.0 Å². The number of nitrogens with zero attached hydrogens (tertiary/aromatic N) is 4. The molecule has 10 heteroatoms. The number of carbonyl (C=O) groups excluding carboxylic acids is 2. The Morgan fingerprint density at radius 2 is 1.59 bits per heavy atom. The van der Waals surface area contributed by atoms with Gasteiger partial charge in [-0.15, -0.1) is 0 Å². The second-order valence-corrected chi connectivity index (χ2v) is 8.69. The number of hydrogen-bond acceptors (Lipinski definition) is 4. The molecule has 0 aliphatic carbocycles. The topological polar surface area (TPSA) is 58.4 Å². The predicted molar refractivity (Wildman–Crippen MR) is 124 cm³/mol. The van der Waals surface area contributed by atoms with Crippen LogP contribution < -0.4 is 0 Å². The maximum Gasteiger partial charge on any atom is 0.272 e. The van der Waals surface area contributed by atoms with E-state index in [0.717, 1.165) is 0 Å². The van der Waals surface area contributed by atoms with Crippen molar-refractivity contribution in [2.24, 2.45) is 0 Å². The van der Waals surface area contributed by atoms with Gasteiger partial charge in [0.05, 0.1) is 21.8 Å². The molecule has 3 aromatic rings. The van der Waals surface area contributed by atoms with E-state index < -0.39 is 0 Å². The minimum Gasteiger partial charge on any atom is -0.335 e. The van der Waals surface area contributed by atoms with E-state index in [1.807, 2.05) is 6.26 Å². The average molecular weight is 493 g/mol. The fourth-order valence-electron chi connectivity index (χ4n) is 3.58. The summed E-state index contributed by atoms with van der Waals surface area (Å²) in [6, 6.07) is 10.9. The lowest BCUT2D eigenvalue weighted by Gasteiger charge is -2.35. The standard InChI is InChI=1S/C22H19Cl2FN4O2S/c1-32-22-26-13-18(29(22)15-7-5-14(25)6-8-15)21(31)28-11-9-27(10-12-28)20(30)16-3-2-4-17(23)19(16)24/h2-8,13H,9-12H2,1H3. The Kier molecular flexibility index (Phi) is 6.74. The Labute approximate surface area is 198 Å². The van der Waals surface area contributed by atoms with Crippen molar-refractivity contribution in [3.63, 3.8) is 0 Å². The largest absolute Gasteiger partial charge is 0.335 e. The summed E-state index contributed by atoms with van der Waals surface area (Å²) < 4.78 is 15.1. The van der Waals surface area contributed by atoms with Crippen molar-refractivity contribution in [1.82, 2.24) is 19.4 Å². The third-order valence-corrected chi connectivity index (χ3v) is 6.72. The fourth-order valence-corrected chi connectivity index (χ4v) is 4.51. The number of benzene rings is 2. The van der Waals surface area contributed by atoms with E-state index in [2.05, 4.69) is 4.98 Å². The van der Waals surface area contributed by atoms with Gasteiger partial charge >= 0.3 is 0 Å². The summed E-state index contributed by atoms with van der Waals surface area (Å²) in [7, 11) is 0. The van der Waals surface area contributed by atoms with Crippen molar-refractivity contribution >= 4 is 46.8 Å². The van der Waals surface area contributed by atoms with E-state index in [0.29, 0.717) is 53.3 Å². The molecule has 0 N–H and O–H groups in total. The maximum atomic E-state index is 13.4. The van der Waals surface area contributed by atoms with Crippen molar-refractivity contribution in [2.45, 2.75) is 5.16 Å². The summed E-state index contributed by atoms with van der Waals surface area (Å²) >= 11 is 13.6. The molecule has 0 spiro atoms. The van der Waals surface area contributed by atoms with Crippen LogP contribution in [-0.2, 0) is 0 Å². The molecular formula is C22H19Cl2FN4O2S. The smallest absolute Gasteiger partial charge is 0.272 e. The third kappa shape index (κ3) is 4.35. The first-order valence-corrected chi connectivity index (χ1v) is 11.8. The first-order valence-electron chi connectivity index (χ1n) is 9.81. The minimum absolute atomic E-state index is 0.199. The minimum atomic E-state index is -0.354.